The molecule has 0 aliphatic rings. The van der Waals surface area contributed by atoms with Gasteiger partial charge in [0.2, 0.25) is 6.10 Å². The van der Waals surface area contributed by atoms with E-state index in [0.29, 0.717) is 0 Å². The van der Waals surface area contributed by atoms with E-state index in [1.54, 1.807) is 0 Å². The van der Waals surface area contributed by atoms with Crippen LogP contribution < -0.4 is 0 Å². The van der Waals surface area contributed by atoms with Crippen molar-refractivity contribution in [2.45, 2.75) is 57.3 Å². The highest BCUT2D eigenvalue weighted by Crippen LogP contribution is 2.36. The van der Waals surface area contributed by atoms with Gasteiger partial charge in [0.1, 0.15) is 5.92 Å². The van der Waals surface area contributed by atoms with Gasteiger partial charge in [0.25, 0.3) is 0 Å². The topological polar surface area (TPSA) is 72.8 Å². The van der Waals surface area contributed by atoms with Gasteiger partial charge in [0.15, 0.2) is 8.32 Å². The highest BCUT2D eigenvalue weighted by molar-refractivity contribution is 6.74. The summed E-state index contributed by atoms with van der Waals surface area (Å²) in [6.07, 6.45) is -1.14. The van der Waals surface area contributed by atoms with Gasteiger partial charge in [0, 0.05) is 13.0 Å². The van der Waals surface area contributed by atoms with Gasteiger partial charge in [-0.3, -0.25) is 4.79 Å². The molecule has 2 aromatic carbocycles. The lowest BCUT2D eigenvalue weighted by Gasteiger charge is -2.36. The third-order valence-corrected chi connectivity index (χ3v) is 10.2. The summed E-state index contributed by atoms with van der Waals surface area (Å²) in [6, 6.07) is 18.5. The smallest absolute Gasteiger partial charge is 0.345 e. The van der Waals surface area contributed by atoms with E-state index in [4.69, 9.17) is 9.16 Å². The summed E-state index contributed by atoms with van der Waals surface area (Å²) in [5.41, 5.74) is 1.52. The Hall–Kier alpha value is -2.44. The molecule has 5 nitrogen and oxygen atoms in total. The number of esters is 1. The van der Waals surface area contributed by atoms with E-state index in [2.05, 4.69) is 33.9 Å². The van der Waals surface area contributed by atoms with E-state index in [-0.39, 0.29) is 18.1 Å². The minimum absolute atomic E-state index is 0.0219. The van der Waals surface area contributed by atoms with Crippen molar-refractivity contribution in [3.05, 3.63) is 71.8 Å². The van der Waals surface area contributed by atoms with Crippen LogP contribution in [0.1, 0.15) is 44.2 Å². The average Bonchev–Trinajstić information content (AvgIpc) is 2.68. The summed E-state index contributed by atoms with van der Waals surface area (Å²) in [5.74, 6) is -2.43. The molecule has 0 unspecified atom stereocenters. The molecule has 2 rings (SSSR count). The SMILES string of the molecule is CC(C)(C)[Si](C)(C)OCC[C@@H](OC(=O)C(c1ccccc1)c1ccccc1)C(=O)O. The fraction of sp³-hybridized carbons (Fsp3) is 0.417. The molecular formula is C24H32O5Si. The maximum Gasteiger partial charge on any atom is 0.345 e. The first-order valence-corrected chi connectivity index (χ1v) is 13.1. The fourth-order valence-corrected chi connectivity index (χ4v) is 3.90. The molecule has 2 aromatic rings. The lowest BCUT2D eigenvalue weighted by Crippen LogP contribution is -2.42. The summed E-state index contributed by atoms with van der Waals surface area (Å²) in [4.78, 5) is 24.8. The highest BCUT2D eigenvalue weighted by Gasteiger charge is 2.37. The van der Waals surface area contributed by atoms with E-state index < -0.39 is 32.3 Å². The van der Waals surface area contributed by atoms with E-state index >= 15 is 0 Å². The summed E-state index contributed by atoms with van der Waals surface area (Å²) in [6.45, 7) is 10.8. The van der Waals surface area contributed by atoms with Crippen LogP contribution in [0.5, 0.6) is 0 Å². The lowest BCUT2D eigenvalue weighted by molar-refractivity contribution is -0.165. The van der Waals surface area contributed by atoms with Gasteiger partial charge >= 0.3 is 11.9 Å². The summed E-state index contributed by atoms with van der Waals surface area (Å²) in [7, 11) is -2.01. The molecular weight excluding hydrogens is 396 g/mol. The first kappa shape index (κ1) is 23.8. The normalized spacial score (nSPS) is 13.1. The fourth-order valence-electron chi connectivity index (χ4n) is 2.83. The zero-order valence-electron chi connectivity index (χ0n) is 18.4. The van der Waals surface area contributed by atoms with Crippen molar-refractivity contribution in [3.8, 4) is 0 Å². The highest BCUT2D eigenvalue weighted by atomic mass is 28.4. The molecule has 0 aliphatic heterocycles. The largest absolute Gasteiger partial charge is 0.479 e. The molecule has 30 heavy (non-hydrogen) atoms. The van der Waals surface area contributed by atoms with Gasteiger partial charge in [-0.25, -0.2) is 4.79 Å². The third-order valence-electron chi connectivity index (χ3n) is 5.68. The minimum Gasteiger partial charge on any atom is -0.479 e. The van der Waals surface area contributed by atoms with Crippen molar-refractivity contribution in [2.24, 2.45) is 0 Å². The molecule has 0 saturated heterocycles. The lowest BCUT2D eigenvalue weighted by atomic mass is 9.91. The predicted molar refractivity (Wildman–Crippen MR) is 120 cm³/mol. The molecule has 0 saturated carbocycles. The molecule has 162 valence electrons. The number of carbonyl (C=O) groups excluding carboxylic acids is 1. The number of benzene rings is 2. The van der Waals surface area contributed by atoms with Gasteiger partial charge < -0.3 is 14.3 Å². The molecule has 0 aromatic heterocycles. The minimum atomic E-state index is -2.01. The van der Waals surface area contributed by atoms with Gasteiger partial charge in [-0.2, -0.15) is 0 Å². The monoisotopic (exact) mass is 428 g/mol. The van der Waals surface area contributed by atoms with E-state index in [1.807, 2.05) is 60.7 Å². The molecule has 0 heterocycles. The number of ether oxygens (including phenoxy) is 1. The molecule has 1 N–H and O–H groups in total. The van der Waals surface area contributed by atoms with E-state index in [1.165, 1.54) is 0 Å². The number of aliphatic carboxylic acids is 1. The maximum atomic E-state index is 13.1. The van der Waals surface area contributed by atoms with Crippen LogP contribution >= 0.6 is 0 Å². The zero-order valence-corrected chi connectivity index (χ0v) is 19.4. The Balaban J connectivity index is 2.14. The second kappa shape index (κ2) is 10.0. The summed E-state index contributed by atoms with van der Waals surface area (Å²) < 4.78 is 11.6. The van der Waals surface area contributed by atoms with Crippen LogP contribution in [0.4, 0.5) is 0 Å². The second-order valence-corrected chi connectivity index (χ2v) is 13.7. The molecule has 0 bridgehead atoms. The van der Waals surface area contributed by atoms with Crippen molar-refractivity contribution in [2.75, 3.05) is 6.61 Å². The molecule has 0 amide bonds. The number of rotatable bonds is 9. The van der Waals surface area contributed by atoms with E-state index in [0.717, 1.165) is 11.1 Å². The van der Waals surface area contributed by atoms with Gasteiger partial charge in [-0.15, -0.1) is 0 Å². The standard InChI is InChI=1S/C24H32O5Si/c1-24(2,3)30(4,5)28-17-16-20(22(25)26)29-23(27)21(18-12-8-6-9-13-18)19-14-10-7-11-15-19/h6-15,20-21H,16-17H2,1-5H3,(H,25,26)/t20-/m1/s1. The number of hydrogen-bond donors (Lipinski definition) is 1. The number of carboxylic acids is 1. The Morgan fingerprint density at radius 1 is 0.933 bits per heavy atom. The Morgan fingerprint density at radius 3 is 1.80 bits per heavy atom. The van der Waals surface area contributed by atoms with Crippen molar-refractivity contribution in [3.63, 3.8) is 0 Å². The Morgan fingerprint density at radius 2 is 1.40 bits per heavy atom. The van der Waals surface area contributed by atoms with Gasteiger partial charge in [-0.1, -0.05) is 81.4 Å². The van der Waals surface area contributed by atoms with Crippen LogP contribution in [0.25, 0.3) is 0 Å². The first-order chi connectivity index (χ1) is 14.0. The first-order valence-electron chi connectivity index (χ1n) is 10.2. The van der Waals surface area contributed by atoms with Crippen molar-refractivity contribution < 1.29 is 23.9 Å². The van der Waals surface area contributed by atoms with Crippen molar-refractivity contribution >= 4 is 20.3 Å². The van der Waals surface area contributed by atoms with E-state index in [9.17, 15) is 14.7 Å². The molecule has 6 heteroatoms. The van der Waals surface area contributed by atoms with Crippen LogP contribution in [0.2, 0.25) is 18.1 Å². The van der Waals surface area contributed by atoms with Crippen LogP contribution in [-0.2, 0) is 18.8 Å². The van der Waals surface area contributed by atoms with Crippen molar-refractivity contribution in [1.82, 2.24) is 0 Å². The second-order valence-electron chi connectivity index (χ2n) is 8.92. The molecule has 0 fully saturated rings. The number of carbonyl (C=O) groups is 2. The molecule has 1 atom stereocenters. The van der Waals surface area contributed by atoms with Crippen LogP contribution in [0, 0.1) is 0 Å². The average molecular weight is 429 g/mol. The van der Waals surface area contributed by atoms with Crippen LogP contribution in [0.3, 0.4) is 0 Å². The number of hydrogen-bond acceptors (Lipinski definition) is 4. The Kier molecular flexibility index (Phi) is 7.98. The summed E-state index contributed by atoms with van der Waals surface area (Å²) in [5, 5.41) is 9.63. The number of carboxylic acid groups (broad SMARTS) is 1. The quantitative estimate of drug-likeness (QED) is 0.437. The van der Waals surface area contributed by atoms with Gasteiger partial charge in [0.05, 0.1) is 0 Å². The predicted octanol–water partition coefficient (Wildman–Crippen LogP) is 5.23. The van der Waals surface area contributed by atoms with Crippen LogP contribution in [0.15, 0.2) is 60.7 Å². The molecule has 0 aliphatic carbocycles. The maximum absolute atomic E-state index is 13.1. The van der Waals surface area contributed by atoms with Gasteiger partial charge in [-0.05, 0) is 29.3 Å². The molecule has 0 spiro atoms. The Labute approximate surface area is 180 Å². The van der Waals surface area contributed by atoms with Crippen molar-refractivity contribution in [1.29, 1.82) is 0 Å². The third kappa shape index (κ3) is 6.28. The zero-order chi connectivity index (χ0) is 22.4. The molecule has 0 radical (unpaired) electrons. The van der Waals surface area contributed by atoms with Crippen LogP contribution in [-0.4, -0.2) is 38.1 Å². The Bertz CT molecular complexity index is 788. The summed E-state index contributed by atoms with van der Waals surface area (Å²) >= 11 is 0.